The smallest absolute Gasteiger partial charge is 0.0625 e. The zero-order chi connectivity index (χ0) is 12.3. The van der Waals surface area contributed by atoms with Crippen molar-refractivity contribution in [1.82, 2.24) is 14.7 Å². The highest BCUT2D eigenvalue weighted by molar-refractivity contribution is 5.10. The molecule has 1 aromatic heterocycles. The molecular weight excluding hydrogens is 212 g/mol. The fourth-order valence-corrected chi connectivity index (χ4v) is 2.65. The first-order chi connectivity index (χ1) is 8.22. The van der Waals surface area contributed by atoms with E-state index < -0.39 is 0 Å². The third kappa shape index (κ3) is 3.07. The van der Waals surface area contributed by atoms with Gasteiger partial charge in [-0.2, -0.15) is 5.10 Å². The lowest BCUT2D eigenvalue weighted by molar-refractivity contribution is 0.305. The van der Waals surface area contributed by atoms with Crippen molar-refractivity contribution in [3.63, 3.8) is 0 Å². The number of nitrogens with zero attached hydrogens (tertiary/aromatic N) is 3. The average Bonchev–Trinajstić information content (AvgIpc) is 2.88. The van der Waals surface area contributed by atoms with Gasteiger partial charge < -0.3 is 5.73 Å². The lowest BCUT2D eigenvalue weighted by Gasteiger charge is -2.15. The monoisotopic (exact) mass is 236 g/mol. The van der Waals surface area contributed by atoms with Gasteiger partial charge in [0.25, 0.3) is 0 Å². The van der Waals surface area contributed by atoms with Gasteiger partial charge in [-0.3, -0.25) is 9.58 Å². The summed E-state index contributed by atoms with van der Waals surface area (Å²) >= 11 is 0. The highest BCUT2D eigenvalue weighted by atomic mass is 15.3. The zero-order valence-electron chi connectivity index (χ0n) is 11.0. The number of nitrogens with two attached hydrogens (primary N) is 1. The Labute approximate surface area is 104 Å². The Balaban J connectivity index is 1.90. The first-order valence-corrected chi connectivity index (χ1v) is 6.67. The van der Waals surface area contributed by atoms with Crippen LogP contribution in [0.5, 0.6) is 0 Å². The molecular formula is C13H24N4. The van der Waals surface area contributed by atoms with E-state index in [1.165, 1.54) is 37.3 Å². The summed E-state index contributed by atoms with van der Waals surface area (Å²) in [6.45, 7) is 6.41. The molecule has 1 fully saturated rings. The third-order valence-electron chi connectivity index (χ3n) is 3.72. The van der Waals surface area contributed by atoms with Gasteiger partial charge in [-0.05, 0) is 44.3 Å². The largest absolute Gasteiger partial charge is 0.330 e. The average molecular weight is 236 g/mol. The van der Waals surface area contributed by atoms with E-state index >= 15 is 0 Å². The second-order valence-electron chi connectivity index (χ2n) is 5.07. The van der Waals surface area contributed by atoms with Crippen molar-refractivity contribution >= 4 is 0 Å². The maximum atomic E-state index is 5.62. The first kappa shape index (κ1) is 12.6. The number of hydrogen-bond donors (Lipinski definition) is 1. The van der Waals surface area contributed by atoms with Crippen molar-refractivity contribution in [2.75, 3.05) is 19.6 Å². The molecule has 2 rings (SSSR count). The molecule has 4 nitrogen and oxygen atoms in total. The van der Waals surface area contributed by atoms with Crippen molar-refractivity contribution in [2.24, 2.45) is 18.7 Å². The van der Waals surface area contributed by atoms with Crippen LogP contribution in [0.2, 0.25) is 0 Å². The van der Waals surface area contributed by atoms with E-state index in [9.17, 15) is 0 Å². The maximum absolute atomic E-state index is 5.62. The molecule has 2 heterocycles. The minimum atomic E-state index is 0.805. The molecule has 96 valence electrons. The van der Waals surface area contributed by atoms with Crippen LogP contribution in [0, 0.1) is 5.92 Å². The summed E-state index contributed by atoms with van der Waals surface area (Å²) in [5, 5.41) is 4.50. The molecule has 1 aliphatic heterocycles. The minimum Gasteiger partial charge on any atom is -0.330 e. The van der Waals surface area contributed by atoms with Crippen LogP contribution in [-0.2, 0) is 20.0 Å². The third-order valence-corrected chi connectivity index (χ3v) is 3.72. The van der Waals surface area contributed by atoms with E-state index in [2.05, 4.69) is 23.0 Å². The molecule has 4 heteroatoms. The number of aromatic nitrogens is 2. The molecule has 1 aromatic rings. The summed E-state index contributed by atoms with van der Waals surface area (Å²) in [5.41, 5.74) is 8.14. The van der Waals surface area contributed by atoms with Gasteiger partial charge in [-0.1, -0.05) is 6.92 Å². The lowest BCUT2D eigenvalue weighted by Crippen LogP contribution is -2.22. The summed E-state index contributed by atoms with van der Waals surface area (Å²) in [7, 11) is 2.04. The van der Waals surface area contributed by atoms with Gasteiger partial charge >= 0.3 is 0 Å². The Bertz CT molecular complexity index is 358. The van der Waals surface area contributed by atoms with Crippen LogP contribution in [0.4, 0.5) is 0 Å². The summed E-state index contributed by atoms with van der Waals surface area (Å²) in [5.74, 6) is 0.805. The molecule has 0 aromatic carbocycles. The molecule has 0 saturated carbocycles. The van der Waals surface area contributed by atoms with Crippen molar-refractivity contribution in [3.8, 4) is 0 Å². The Hall–Kier alpha value is -0.870. The van der Waals surface area contributed by atoms with Gasteiger partial charge in [0.2, 0.25) is 0 Å². The van der Waals surface area contributed by atoms with E-state index in [-0.39, 0.29) is 0 Å². The SMILES string of the molecule is CCc1cc(CN2CCC(CCN)C2)n(C)n1. The lowest BCUT2D eigenvalue weighted by atomic mass is 10.1. The molecule has 1 unspecified atom stereocenters. The fraction of sp³-hybridized carbons (Fsp3) is 0.769. The van der Waals surface area contributed by atoms with Crippen LogP contribution >= 0.6 is 0 Å². The van der Waals surface area contributed by atoms with Crippen LogP contribution in [0.15, 0.2) is 6.07 Å². The van der Waals surface area contributed by atoms with Gasteiger partial charge in [0, 0.05) is 20.1 Å². The Morgan fingerprint density at radius 3 is 3.00 bits per heavy atom. The first-order valence-electron chi connectivity index (χ1n) is 6.67. The Kier molecular flexibility index (Phi) is 4.18. The van der Waals surface area contributed by atoms with Crippen molar-refractivity contribution < 1.29 is 0 Å². The second kappa shape index (κ2) is 5.65. The topological polar surface area (TPSA) is 47.1 Å². The van der Waals surface area contributed by atoms with Crippen LogP contribution in [0.25, 0.3) is 0 Å². The summed E-state index contributed by atoms with van der Waals surface area (Å²) in [6, 6.07) is 2.23. The Morgan fingerprint density at radius 2 is 2.35 bits per heavy atom. The Morgan fingerprint density at radius 1 is 1.53 bits per heavy atom. The molecule has 2 N–H and O–H groups in total. The van der Waals surface area contributed by atoms with E-state index in [0.29, 0.717) is 0 Å². The quantitative estimate of drug-likeness (QED) is 0.834. The molecule has 0 bridgehead atoms. The zero-order valence-corrected chi connectivity index (χ0v) is 11.0. The number of hydrogen-bond acceptors (Lipinski definition) is 3. The van der Waals surface area contributed by atoms with Crippen LogP contribution in [-0.4, -0.2) is 34.3 Å². The molecule has 1 aliphatic rings. The summed E-state index contributed by atoms with van der Waals surface area (Å²) in [6.07, 6.45) is 3.49. The van der Waals surface area contributed by atoms with Crippen LogP contribution < -0.4 is 5.73 Å². The molecule has 0 amide bonds. The fourth-order valence-electron chi connectivity index (χ4n) is 2.65. The molecule has 1 atom stereocenters. The van der Waals surface area contributed by atoms with Crippen molar-refractivity contribution in [2.45, 2.75) is 32.7 Å². The van der Waals surface area contributed by atoms with Crippen molar-refractivity contribution in [3.05, 3.63) is 17.5 Å². The van der Waals surface area contributed by atoms with Crippen LogP contribution in [0.3, 0.4) is 0 Å². The van der Waals surface area contributed by atoms with Crippen molar-refractivity contribution in [1.29, 1.82) is 0 Å². The van der Waals surface area contributed by atoms with Gasteiger partial charge in [-0.25, -0.2) is 0 Å². The van der Waals surface area contributed by atoms with Gasteiger partial charge in [0.15, 0.2) is 0 Å². The molecule has 1 saturated heterocycles. The van der Waals surface area contributed by atoms with Gasteiger partial charge in [0.1, 0.15) is 0 Å². The van der Waals surface area contributed by atoms with Crippen LogP contribution in [0.1, 0.15) is 31.2 Å². The van der Waals surface area contributed by atoms with E-state index in [4.69, 9.17) is 5.73 Å². The standard InChI is InChI=1S/C13H24N4/c1-3-12-8-13(16(2)15-12)10-17-7-5-11(9-17)4-6-14/h8,11H,3-7,9-10,14H2,1-2H3. The normalized spacial score (nSPS) is 21.2. The summed E-state index contributed by atoms with van der Waals surface area (Å²) < 4.78 is 2.02. The van der Waals surface area contributed by atoms with Gasteiger partial charge in [0.05, 0.1) is 11.4 Å². The second-order valence-corrected chi connectivity index (χ2v) is 5.07. The molecule has 0 aliphatic carbocycles. The van der Waals surface area contributed by atoms with E-state index in [0.717, 1.165) is 25.4 Å². The highest BCUT2D eigenvalue weighted by Crippen LogP contribution is 2.21. The number of likely N-dealkylation sites (tertiary alicyclic amines) is 1. The molecule has 0 spiro atoms. The maximum Gasteiger partial charge on any atom is 0.0625 e. The predicted molar refractivity (Wildman–Crippen MR) is 69.6 cm³/mol. The summed E-state index contributed by atoms with van der Waals surface area (Å²) in [4.78, 5) is 2.52. The number of rotatable bonds is 5. The van der Waals surface area contributed by atoms with E-state index in [1.54, 1.807) is 0 Å². The minimum absolute atomic E-state index is 0.805. The van der Waals surface area contributed by atoms with Gasteiger partial charge in [-0.15, -0.1) is 0 Å². The predicted octanol–water partition coefficient (Wildman–Crippen LogP) is 1.15. The molecule has 0 radical (unpaired) electrons. The number of aryl methyl sites for hydroxylation is 2. The van der Waals surface area contributed by atoms with E-state index in [1.807, 2.05) is 11.7 Å². The highest BCUT2D eigenvalue weighted by Gasteiger charge is 2.22. The molecule has 17 heavy (non-hydrogen) atoms.